The van der Waals surface area contributed by atoms with Crippen molar-refractivity contribution in [3.63, 3.8) is 0 Å². The molecule has 0 aliphatic carbocycles. The van der Waals surface area contributed by atoms with Crippen molar-refractivity contribution in [3.05, 3.63) is 30.3 Å². The molecule has 4 nitrogen and oxygen atoms in total. The standard InChI is InChI=1S/C22H37NO3S/c1-21(2,3)20(24)18-11-9-15-23(17-18)16-10-14-22(4,5)27(25,26)19-12-7-6-8-13-19/h6-8,12-13,18,20,24H,9-11,14-17H2,1-5H3. The van der Waals surface area contributed by atoms with Crippen molar-refractivity contribution in [1.29, 1.82) is 0 Å². The molecule has 0 radical (unpaired) electrons. The monoisotopic (exact) mass is 395 g/mol. The van der Waals surface area contributed by atoms with Gasteiger partial charge in [0.15, 0.2) is 9.84 Å². The molecule has 1 N–H and O–H groups in total. The molecule has 1 aliphatic heterocycles. The summed E-state index contributed by atoms with van der Waals surface area (Å²) in [6.45, 7) is 12.8. The van der Waals surface area contributed by atoms with E-state index in [-0.39, 0.29) is 11.5 Å². The van der Waals surface area contributed by atoms with Crippen molar-refractivity contribution in [2.24, 2.45) is 11.3 Å². The Morgan fingerprint density at radius 1 is 1.15 bits per heavy atom. The van der Waals surface area contributed by atoms with Crippen LogP contribution in [0.2, 0.25) is 0 Å². The maximum Gasteiger partial charge on any atom is 0.183 e. The van der Waals surface area contributed by atoms with Gasteiger partial charge in [-0.25, -0.2) is 8.42 Å². The minimum atomic E-state index is -3.34. The van der Waals surface area contributed by atoms with E-state index < -0.39 is 14.6 Å². The van der Waals surface area contributed by atoms with Gasteiger partial charge in [0, 0.05) is 6.54 Å². The first-order valence-corrected chi connectivity index (χ1v) is 11.6. The second-order valence-electron chi connectivity index (χ2n) is 9.69. The third kappa shape index (κ3) is 5.55. The predicted molar refractivity (Wildman–Crippen MR) is 112 cm³/mol. The lowest BCUT2D eigenvalue weighted by molar-refractivity contribution is -0.0184. The molecule has 0 bridgehead atoms. The van der Waals surface area contributed by atoms with Gasteiger partial charge in [0.1, 0.15) is 0 Å². The van der Waals surface area contributed by atoms with Gasteiger partial charge in [-0.15, -0.1) is 0 Å². The lowest BCUT2D eigenvalue weighted by atomic mass is 9.78. The molecule has 1 aromatic carbocycles. The van der Waals surface area contributed by atoms with Crippen LogP contribution in [0.4, 0.5) is 0 Å². The van der Waals surface area contributed by atoms with Crippen LogP contribution in [0.3, 0.4) is 0 Å². The van der Waals surface area contributed by atoms with Crippen LogP contribution in [0.15, 0.2) is 35.2 Å². The molecule has 1 aliphatic rings. The van der Waals surface area contributed by atoms with Gasteiger partial charge in [0.05, 0.1) is 15.7 Å². The smallest absolute Gasteiger partial charge is 0.183 e. The second-order valence-corrected chi connectivity index (χ2v) is 12.3. The highest BCUT2D eigenvalue weighted by Gasteiger charge is 2.36. The minimum Gasteiger partial charge on any atom is -0.392 e. The van der Waals surface area contributed by atoms with Gasteiger partial charge < -0.3 is 10.0 Å². The fraction of sp³-hybridized carbons (Fsp3) is 0.727. The molecule has 2 unspecified atom stereocenters. The van der Waals surface area contributed by atoms with Crippen LogP contribution in [0, 0.1) is 11.3 Å². The van der Waals surface area contributed by atoms with E-state index in [1.165, 1.54) is 0 Å². The predicted octanol–water partition coefficient (Wildman–Crippen LogP) is 4.14. The number of hydrogen-bond acceptors (Lipinski definition) is 4. The summed E-state index contributed by atoms with van der Waals surface area (Å²) in [5.41, 5.74) is -0.0978. The van der Waals surface area contributed by atoms with Crippen LogP contribution in [0.1, 0.15) is 60.3 Å². The molecule has 2 atom stereocenters. The molecule has 0 aromatic heterocycles. The topological polar surface area (TPSA) is 57.6 Å². The van der Waals surface area contributed by atoms with E-state index in [0.29, 0.717) is 17.2 Å². The van der Waals surface area contributed by atoms with Crippen LogP contribution < -0.4 is 0 Å². The van der Waals surface area contributed by atoms with Gasteiger partial charge >= 0.3 is 0 Å². The Kier molecular flexibility index (Phi) is 7.15. The minimum absolute atomic E-state index is 0.0978. The van der Waals surface area contributed by atoms with Crippen molar-refractivity contribution in [1.82, 2.24) is 4.90 Å². The number of benzene rings is 1. The Morgan fingerprint density at radius 3 is 2.37 bits per heavy atom. The fourth-order valence-electron chi connectivity index (χ4n) is 4.04. The number of hydrogen-bond donors (Lipinski definition) is 1. The van der Waals surface area contributed by atoms with E-state index in [4.69, 9.17) is 0 Å². The summed E-state index contributed by atoms with van der Waals surface area (Å²) in [6, 6.07) is 8.75. The lowest BCUT2D eigenvalue weighted by Crippen LogP contribution is -2.45. The van der Waals surface area contributed by atoms with Crippen molar-refractivity contribution in [2.45, 2.75) is 76.0 Å². The molecule has 1 aromatic rings. The molecule has 27 heavy (non-hydrogen) atoms. The highest BCUT2D eigenvalue weighted by molar-refractivity contribution is 7.92. The Labute approximate surface area is 165 Å². The maximum atomic E-state index is 12.9. The summed E-state index contributed by atoms with van der Waals surface area (Å²) < 4.78 is 25.1. The summed E-state index contributed by atoms with van der Waals surface area (Å²) >= 11 is 0. The number of rotatable bonds is 7. The molecule has 2 rings (SSSR count). The molecule has 1 saturated heterocycles. The van der Waals surface area contributed by atoms with Crippen LogP contribution in [-0.2, 0) is 9.84 Å². The van der Waals surface area contributed by atoms with Crippen LogP contribution in [0.25, 0.3) is 0 Å². The quantitative estimate of drug-likeness (QED) is 0.754. The van der Waals surface area contributed by atoms with Crippen molar-refractivity contribution >= 4 is 9.84 Å². The van der Waals surface area contributed by atoms with Gasteiger partial charge in [-0.05, 0) is 76.1 Å². The summed E-state index contributed by atoms with van der Waals surface area (Å²) in [5, 5.41) is 10.6. The molecule has 0 saturated carbocycles. The van der Waals surface area contributed by atoms with Crippen LogP contribution >= 0.6 is 0 Å². The zero-order valence-electron chi connectivity index (χ0n) is 17.6. The van der Waals surface area contributed by atoms with Gasteiger partial charge in [0.25, 0.3) is 0 Å². The average molecular weight is 396 g/mol. The number of piperidine rings is 1. The van der Waals surface area contributed by atoms with Gasteiger partial charge in [-0.3, -0.25) is 0 Å². The second kappa shape index (κ2) is 8.62. The van der Waals surface area contributed by atoms with Crippen LogP contribution in [-0.4, -0.2) is 48.9 Å². The van der Waals surface area contributed by atoms with E-state index in [2.05, 4.69) is 25.7 Å². The average Bonchev–Trinajstić information content (AvgIpc) is 2.61. The van der Waals surface area contributed by atoms with E-state index in [0.717, 1.165) is 38.9 Å². The first-order chi connectivity index (χ1) is 12.4. The molecule has 1 heterocycles. The molecule has 0 spiro atoms. The normalized spacial score (nSPS) is 21.2. The Hall–Kier alpha value is -0.910. The number of aliphatic hydroxyl groups is 1. The molecule has 5 heteroatoms. The molecule has 0 amide bonds. The highest BCUT2D eigenvalue weighted by Crippen LogP contribution is 2.32. The van der Waals surface area contributed by atoms with E-state index in [1.54, 1.807) is 24.3 Å². The Bertz CT molecular complexity index is 692. The molecular weight excluding hydrogens is 358 g/mol. The van der Waals surface area contributed by atoms with Crippen molar-refractivity contribution < 1.29 is 13.5 Å². The van der Waals surface area contributed by atoms with Gasteiger partial charge in [-0.2, -0.15) is 0 Å². The van der Waals surface area contributed by atoms with Crippen molar-refractivity contribution in [3.8, 4) is 0 Å². The largest absolute Gasteiger partial charge is 0.392 e. The number of sulfone groups is 1. The summed E-state index contributed by atoms with van der Waals surface area (Å²) in [7, 11) is -3.34. The first kappa shape index (κ1) is 22.4. The maximum absolute atomic E-state index is 12.9. The summed E-state index contributed by atoms with van der Waals surface area (Å²) in [5.74, 6) is 0.305. The van der Waals surface area contributed by atoms with E-state index in [9.17, 15) is 13.5 Å². The van der Waals surface area contributed by atoms with Gasteiger partial charge in [-0.1, -0.05) is 39.0 Å². The SMILES string of the molecule is CC(C)(C)C(O)C1CCCN(CCCC(C)(C)S(=O)(=O)c2ccccc2)C1. The molecule has 154 valence electrons. The Morgan fingerprint density at radius 2 is 1.78 bits per heavy atom. The third-order valence-corrected chi connectivity index (χ3v) is 8.46. The number of likely N-dealkylation sites (tertiary alicyclic amines) is 1. The van der Waals surface area contributed by atoms with Crippen molar-refractivity contribution in [2.75, 3.05) is 19.6 Å². The lowest BCUT2D eigenvalue weighted by Gasteiger charge is -2.40. The van der Waals surface area contributed by atoms with Gasteiger partial charge in [0.2, 0.25) is 0 Å². The number of nitrogens with zero attached hydrogens (tertiary/aromatic N) is 1. The van der Waals surface area contributed by atoms with E-state index in [1.807, 2.05) is 19.9 Å². The fourth-order valence-corrected chi connectivity index (χ4v) is 5.61. The zero-order valence-corrected chi connectivity index (χ0v) is 18.4. The molecule has 1 fully saturated rings. The third-order valence-electron chi connectivity index (χ3n) is 5.91. The van der Waals surface area contributed by atoms with Crippen LogP contribution in [0.5, 0.6) is 0 Å². The van der Waals surface area contributed by atoms with E-state index >= 15 is 0 Å². The number of aliphatic hydroxyl groups excluding tert-OH is 1. The Balaban J connectivity index is 1.91. The highest BCUT2D eigenvalue weighted by atomic mass is 32.2. The molecular formula is C22H37NO3S. The summed E-state index contributed by atoms with van der Waals surface area (Å²) in [6.07, 6.45) is 3.35. The zero-order chi connectivity index (χ0) is 20.3. The summed E-state index contributed by atoms with van der Waals surface area (Å²) in [4.78, 5) is 2.80. The first-order valence-electron chi connectivity index (χ1n) is 10.2.